The summed E-state index contributed by atoms with van der Waals surface area (Å²) in [6, 6.07) is 8.72. The Morgan fingerprint density at radius 3 is 2.84 bits per heavy atom. The fraction of sp³-hybridized carbons (Fsp3) is 0.462. The number of ether oxygens (including phenoxy) is 1. The third-order valence-electron chi connectivity index (χ3n) is 3.10. The van der Waals surface area contributed by atoms with Gasteiger partial charge < -0.3 is 4.74 Å². The molecule has 2 rings (SSSR count). The molecule has 0 amide bonds. The molecular weight excluding hydrogens is 264 g/mol. The van der Waals surface area contributed by atoms with E-state index in [-0.39, 0.29) is 5.75 Å². The maximum Gasteiger partial charge on any atom is 0.216 e. The Balaban J connectivity index is 2.15. The van der Waals surface area contributed by atoms with Gasteiger partial charge in [-0.05, 0) is 25.0 Å². The van der Waals surface area contributed by atoms with E-state index >= 15 is 0 Å². The molecule has 6 heteroatoms. The molecule has 0 radical (unpaired) electrons. The molecule has 1 atom stereocenters. The number of rotatable bonds is 4. The number of nitriles is 1. The van der Waals surface area contributed by atoms with E-state index in [9.17, 15) is 8.42 Å². The molecule has 0 spiro atoms. The highest BCUT2D eigenvalue weighted by Gasteiger charge is 2.34. The molecule has 1 aromatic rings. The van der Waals surface area contributed by atoms with Crippen LogP contribution < -0.4 is 4.72 Å². The van der Waals surface area contributed by atoms with Gasteiger partial charge in [0.1, 0.15) is 0 Å². The normalized spacial score (nSPS) is 23.2. The smallest absolute Gasteiger partial charge is 0.216 e. The van der Waals surface area contributed by atoms with Crippen LogP contribution in [0.15, 0.2) is 24.3 Å². The minimum absolute atomic E-state index is 0.188. The Hall–Kier alpha value is -1.42. The van der Waals surface area contributed by atoms with Crippen molar-refractivity contribution in [2.45, 2.75) is 24.6 Å². The second kappa shape index (κ2) is 5.29. The molecule has 0 saturated carbocycles. The maximum atomic E-state index is 12.2. The van der Waals surface area contributed by atoms with Crippen molar-refractivity contribution >= 4 is 10.0 Å². The minimum atomic E-state index is -3.49. The summed E-state index contributed by atoms with van der Waals surface area (Å²) in [5.74, 6) is -0.188. The number of nitrogens with zero attached hydrogens (tertiary/aromatic N) is 1. The van der Waals surface area contributed by atoms with Crippen molar-refractivity contribution in [1.82, 2.24) is 4.72 Å². The quantitative estimate of drug-likeness (QED) is 0.897. The van der Waals surface area contributed by atoms with Crippen LogP contribution >= 0.6 is 0 Å². The standard InChI is InChI=1S/C13H16N2O3S/c1-13(6-7-18-10-13)15-19(16,17)9-12-5-3-2-4-11(12)8-14/h2-5,15H,6-7,9-10H2,1H3. The van der Waals surface area contributed by atoms with Gasteiger partial charge in [-0.25, -0.2) is 13.1 Å². The monoisotopic (exact) mass is 280 g/mol. The molecule has 1 unspecified atom stereocenters. The minimum Gasteiger partial charge on any atom is -0.379 e. The predicted molar refractivity (Wildman–Crippen MR) is 70.8 cm³/mol. The molecule has 0 bridgehead atoms. The van der Waals surface area contributed by atoms with Crippen molar-refractivity contribution < 1.29 is 13.2 Å². The van der Waals surface area contributed by atoms with E-state index in [1.54, 1.807) is 24.3 Å². The third kappa shape index (κ3) is 3.53. The Kier molecular flexibility index (Phi) is 3.90. The average molecular weight is 280 g/mol. The predicted octanol–water partition coefficient (Wildman–Crippen LogP) is 1.16. The maximum absolute atomic E-state index is 12.2. The molecule has 5 nitrogen and oxygen atoms in total. The molecule has 1 N–H and O–H groups in total. The van der Waals surface area contributed by atoms with Crippen molar-refractivity contribution in [3.05, 3.63) is 35.4 Å². The summed E-state index contributed by atoms with van der Waals surface area (Å²) in [5.41, 5.74) is 0.362. The topological polar surface area (TPSA) is 79.2 Å². The van der Waals surface area contributed by atoms with Crippen molar-refractivity contribution in [3.8, 4) is 6.07 Å². The Bertz CT molecular complexity index is 599. The van der Waals surface area contributed by atoms with E-state index in [4.69, 9.17) is 10.00 Å². The zero-order valence-corrected chi connectivity index (χ0v) is 11.5. The van der Waals surface area contributed by atoms with Crippen LogP contribution in [-0.4, -0.2) is 27.2 Å². The largest absolute Gasteiger partial charge is 0.379 e. The van der Waals surface area contributed by atoms with Gasteiger partial charge in [0.15, 0.2) is 0 Å². The SMILES string of the molecule is CC1(NS(=O)(=O)Cc2ccccc2C#N)CCOC1. The van der Waals surface area contributed by atoms with Crippen LogP contribution in [0.4, 0.5) is 0 Å². The van der Waals surface area contributed by atoms with Gasteiger partial charge in [-0.3, -0.25) is 0 Å². The fourth-order valence-electron chi connectivity index (χ4n) is 2.12. The molecule has 0 aliphatic carbocycles. The van der Waals surface area contributed by atoms with E-state index in [1.807, 2.05) is 13.0 Å². The van der Waals surface area contributed by atoms with E-state index < -0.39 is 15.6 Å². The summed E-state index contributed by atoms with van der Waals surface area (Å²) in [5, 5.41) is 8.96. The van der Waals surface area contributed by atoms with Gasteiger partial charge in [-0.1, -0.05) is 18.2 Å². The lowest BCUT2D eigenvalue weighted by atomic mass is 10.0. The number of hydrogen-bond acceptors (Lipinski definition) is 4. The molecule has 0 aromatic heterocycles. The van der Waals surface area contributed by atoms with Crippen LogP contribution in [-0.2, 0) is 20.5 Å². The molecule has 1 aromatic carbocycles. The Labute approximate surface area is 113 Å². The van der Waals surface area contributed by atoms with Gasteiger partial charge in [0, 0.05) is 6.61 Å². The summed E-state index contributed by atoms with van der Waals surface area (Å²) < 4.78 is 32.2. The second-order valence-electron chi connectivity index (χ2n) is 4.99. The van der Waals surface area contributed by atoms with Crippen LogP contribution in [0.1, 0.15) is 24.5 Å². The summed E-state index contributed by atoms with van der Waals surface area (Å²) in [4.78, 5) is 0. The number of hydrogen-bond donors (Lipinski definition) is 1. The van der Waals surface area contributed by atoms with Crippen molar-refractivity contribution in [2.75, 3.05) is 13.2 Å². The van der Waals surface area contributed by atoms with Crippen molar-refractivity contribution in [3.63, 3.8) is 0 Å². The molecule has 1 fully saturated rings. The van der Waals surface area contributed by atoms with Gasteiger partial charge in [-0.2, -0.15) is 5.26 Å². The molecule has 1 aliphatic rings. The molecule has 19 heavy (non-hydrogen) atoms. The van der Waals surface area contributed by atoms with Crippen LogP contribution in [0.5, 0.6) is 0 Å². The van der Waals surface area contributed by atoms with E-state index in [0.29, 0.717) is 30.8 Å². The van der Waals surface area contributed by atoms with E-state index in [1.165, 1.54) is 0 Å². The van der Waals surface area contributed by atoms with Crippen molar-refractivity contribution in [1.29, 1.82) is 5.26 Å². The summed E-state index contributed by atoms with van der Waals surface area (Å²) in [7, 11) is -3.49. The van der Waals surface area contributed by atoms with Gasteiger partial charge in [-0.15, -0.1) is 0 Å². The van der Waals surface area contributed by atoms with E-state index in [2.05, 4.69) is 4.72 Å². The molecule has 1 aliphatic heterocycles. The second-order valence-corrected chi connectivity index (χ2v) is 6.72. The summed E-state index contributed by atoms with van der Waals surface area (Å²) >= 11 is 0. The Morgan fingerprint density at radius 1 is 1.47 bits per heavy atom. The first-order valence-electron chi connectivity index (χ1n) is 6.02. The zero-order chi connectivity index (χ0) is 13.9. The number of nitrogens with one attached hydrogen (secondary N) is 1. The van der Waals surface area contributed by atoms with Crippen LogP contribution in [0.2, 0.25) is 0 Å². The first-order chi connectivity index (χ1) is 8.94. The molecule has 1 heterocycles. The van der Waals surface area contributed by atoms with Crippen molar-refractivity contribution in [2.24, 2.45) is 0 Å². The third-order valence-corrected chi connectivity index (χ3v) is 4.60. The van der Waals surface area contributed by atoms with Crippen LogP contribution in [0, 0.1) is 11.3 Å². The lowest BCUT2D eigenvalue weighted by molar-refractivity contribution is 0.178. The molecule has 1 saturated heterocycles. The molecule has 102 valence electrons. The van der Waals surface area contributed by atoms with Crippen LogP contribution in [0.25, 0.3) is 0 Å². The number of benzene rings is 1. The van der Waals surface area contributed by atoms with Gasteiger partial charge in [0.25, 0.3) is 0 Å². The lowest BCUT2D eigenvalue weighted by Gasteiger charge is -2.23. The highest BCUT2D eigenvalue weighted by Crippen LogP contribution is 2.20. The summed E-state index contributed by atoms with van der Waals surface area (Å²) in [6.45, 7) is 2.77. The number of sulfonamides is 1. The lowest BCUT2D eigenvalue weighted by Crippen LogP contribution is -2.46. The van der Waals surface area contributed by atoms with Gasteiger partial charge in [0.2, 0.25) is 10.0 Å². The van der Waals surface area contributed by atoms with Crippen LogP contribution in [0.3, 0.4) is 0 Å². The van der Waals surface area contributed by atoms with Gasteiger partial charge >= 0.3 is 0 Å². The first kappa shape index (κ1) is 14.0. The fourth-order valence-corrected chi connectivity index (χ4v) is 3.76. The van der Waals surface area contributed by atoms with Gasteiger partial charge in [0.05, 0.1) is 29.5 Å². The van der Waals surface area contributed by atoms with E-state index in [0.717, 1.165) is 0 Å². The highest BCUT2D eigenvalue weighted by atomic mass is 32.2. The zero-order valence-electron chi connectivity index (χ0n) is 10.7. The highest BCUT2D eigenvalue weighted by molar-refractivity contribution is 7.88. The average Bonchev–Trinajstić information content (AvgIpc) is 2.74. The Morgan fingerprint density at radius 2 is 2.21 bits per heavy atom. The molecular formula is C13H16N2O3S. The summed E-state index contributed by atoms with van der Waals surface area (Å²) in [6.07, 6.45) is 0.659. The first-order valence-corrected chi connectivity index (χ1v) is 7.67.